The van der Waals surface area contributed by atoms with Crippen molar-refractivity contribution >= 4 is 5.91 Å². The van der Waals surface area contributed by atoms with E-state index in [2.05, 4.69) is 0 Å². The van der Waals surface area contributed by atoms with E-state index in [1.165, 1.54) is 17.0 Å². The summed E-state index contributed by atoms with van der Waals surface area (Å²) in [5.41, 5.74) is -1.03. The van der Waals surface area contributed by atoms with E-state index < -0.39 is 23.1 Å². The summed E-state index contributed by atoms with van der Waals surface area (Å²) in [6, 6.07) is 3.56. The summed E-state index contributed by atoms with van der Waals surface area (Å²) in [6.45, 7) is 2.40. The molecule has 18 heavy (non-hydrogen) atoms. The fourth-order valence-corrected chi connectivity index (χ4v) is 2.03. The van der Waals surface area contributed by atoms with Gasteiger partial charge in [0, 0.05) is 13.1 Å². The zero-order valence-corrected chi connectivity index (χ0v) is 10.1. The quantitative estimate of drug-likeness (QED) is 0.833. The Morgan fingerprint density at radius 3 is 2.56 bits per heavy atom. The van der Waals surface area contributed by atoms with Crippen molar-refractivity contribution in [2.24, 2.45) is 0 Å². The average Bonchev–Trinajstić information content (AvgIpc) is 2.32. The molecule has 3 nitrogen and oxygen atoms in total. The van der Waals surface area contributed by atoms with Crippen molar-refractivity contribution in [1.82, 2.24) is 4.90 Å². The number of rotatable bonds is 1. The first-order valence-electron chi connectivity index (χ1n) is 5.86. The summed E-state index contributed by atoms with van der Waals surface area (Å²) in [5.74, 6) is -2.66. The van der Waals surface area contributed by atoms with Gasteiger partial charge in [-0.1, -0.05) is 6.07 Å². The van der Waals surface area contributed by atoms with Crippen molar-refractivity contribution in [3.63, 3.8) is 0 Å². The van der Waals surface area contributed by atoms with Crippen molar-refractivity contribution in [2.45, 2.75) is 25.4 Å². The molecule has 5 heteroatoms. The largest absolute Gasteiger partial charge is 0.390 e. The van der Waals surface area contributed by atoms with Crippen molar-refractivity contribution in [2.75, 3.05) is 13.1 Å². The number of carbonyl (C=O) groups excluding carboxylic acids is 1. The van der Waals surface area contributed by atoms with Crippen LogP contribution in [0.2, 0.25) is 0 Å². The highest BCUT2D eigenvalue weighted by molar-refractivity contribution is 5.94. The monoisotopic (exact) mass is 255 g/mol. The van der Waals surface area contributed by atoms with E-state index in [1.54, 1.807) is 6.92 Å². The Kier molecular flexibility index (Phi) is 3.34. The molecule has 1 N–H and O–H groups in total. The van der Waals surface area contributed by atoms with Crippen LogP contribution in [0.4, 0.5) is 8.78 Å². The first kappa shape index (κ1) is 13.0. The molecule has 0 radical (unpaired) electrons. The minimum Gasteiger partial charge on any atom is -0.390 e. The maximum Gasteiger partial charge on any atom is 0.256 e. The zero-order valence-electron chi connectivity index (χ0n) is 10.1. The highest BCUT2D eigenvalue weighted by atomic mass is 19.2. The molecule has 0 saturated carbocycles. The Morgan fingerprint density at radius 2 is 1.94 bits per heavy atom. The molecule has 1 aliphatic rings. The van der Waals surface area contributed by atoms with Crippen molar-refractivity contribution in [1.29, 1.82) is 0 Å². The Balaban J connectivity index is 2.15. The predicted octanol–water partition coefficient (Wildman–Crippen LogP) is 1.95. The smallest absolute Gasteiger partial charge is 0.256 e. The first-order chi connectivity index (χ1) is 8.41. The van der Waals surface area contributed by atoms with Crippen LogP contribution in [0.1, 0.15) is 30.1 Å². The van der Waals surface area contributed by atoms with E-state index >= 15 is 0 Å². The lowest BCUT2D eigenvalue weighted by Gasteiger charge is -2.35. The van der Waals surface area contributed by atoms with Gasteiger partial charge in [0.2, 0.25) is 0 Å². The van der Waals surface area contributed by atoms with E-state index in [1.807, 2.05) is 0 Å². The summed E-state index contributed by atoms with van der Waals surface area (Å²) in [4.78, 5) is 13.5. The van der Waals surface area contributed by atoms with Crippen LogP contribution in [0.25, 0.3) is 0 Å². The normalized spacial score (nSPS) is 18.8. The number of amides is 1. The molecule has 0 atom stereocenters. The molecular weight excluding hydrogens is 240 g/mol. The predicted molar refractivity (Wildman–Crippen MR) is 62.1 cm³/mol. The van der Waals surface area contributed by atoms with Gasteiger partial charge in [-0.25, -0.2) is 8.78 Å². The third-order valence-electron chi connectivity index (χ3n) is 3.31. The highest BCUT2D eigenvalue weighted by Crippen LogP contribution is 2.23. The van der Waals surface area contributed by atoms with Gasteiger partial charge in [-0.2, -0.15) is 0 Å². The second-order valence-corrected chi connectivity index (χ2v) is 4.89. The molecule has 0 unspecified atom stereocenters. The molecule has 1 saturated heterocycles. The Morgan fingerprint density at radius 1 is 1.33 bits per heavy atom. The lowest BCUT2D eigenvalue weighted by molar-refractivity contribution is -0.00216. The topological polar surface area (TPSA) is 40.5 Å². The van der Waals surface area contributed by atoms with Gasteiger partial charge in [-0.15, -0.1) is 0 Å². The van der Waals surface area contributed by atoms with Gasteiger partial charge in [-0.3, -0.25) is 4.79 Å². The van der Waals surface area contributed by atoms with Gasteiger partial charge in [0.25, 0.3) is 5.91 Å². The zero-order chi connectivity index (χ0) is 13.3. The molecule has 0 bridgehead atoms. The summed E-state index contributed by atoms with van der Waals surface area (Å²) in [5, 5.41) is 9.77. The molecule has 1 aromatic carbocycles. The Labute approximate surface area is 104 Å². The van der Waals surface area contributed by atoms with Crippen molar-refractivity contribution < 1.29 is 18.7 Å². The second kappa shape index (κ2) is 4.65. The molecule has 0 aromatic heterocycles. The molecule has 0 aliphatic carbocycles. The third-order valence-corrected chi connectivity index (χ3v) is 3.31. The van der Waals surface area contributed by atoms with E-state index in [0.29, 0.717) is 25.9 Å². The number of hydrogen-bond donors (Lipinski definition) is 1. The Bertz CT molecular complexity index is 464. The molecule has 1 aromatic rings. The van der Waals surface area contributed by atoms with Gasteiger partial charge < -0.3 is 10.0 Å². The molecule has 1 amide bonds. The number of likely N-dealkylation sites (tertiary alicyclic amines) is 1. The number of hydrogen-bond acceptors (Lipinski definition) is 2. The number of nitrogens with zero attached hydrogens (tertiary/aromatic N) is 1. The van der Waals surface area contributed by atoms with Crippen LogP contribution in [0, 0.1) is 11.6 Å². The number of carbonyl (C=O) groups is 1. The van der Waals surface area contributed by atoms with Gasteiger partial charge >= 0.3 is 0 Å². The number of piperidine rings is 1. The highest BCUT2D eigenvalue weighted by Gasteiger charge is 2.31. The number of halogens is 2. The van der Waals surface area contributed by atoms with Crippen LogP contribution < -0.4 is 0 Å². The molecule has 2 rings (SSSR count). The molecule has 98 valence electrons. The molecule has 1 aliphatic heterocycles. The van der Waals surface area contributed by atoms with Crippen LogP contribution in [0.5, 0.6) is 0 Å². The number of benzene rings is 1. The molecule has 0 spiro atoms. The van der Waals surface area contributed by atoms with Crippen LogP contribution in [0.3, 0.4) is 0 Å². The maximum atomic E-state index is 13.5. The van der Waals surface area contributed by atoms with Gasteiger partial charge in [-0.05, 0) is 31.9 Å². The minimum atomic E-state index is -1.11. The van der Waals surface area contributed by atoms with Gasteiger partial charge in [0.15, 0.2) is 11.6 Å². The summed E-state index contributed by atoms with van der Waals surface area (Å²) in [6.07, 6.45) is 0.880. The van der Waals surface area contributed by atoms with Gasteiger partial charge in [0.1, 0.15) is 0 Å². The average molecular weight is 255 g/mol. The van der Waals surface area contributed by atoms with E-state index in [-0.39, 0.29) is 5.56 Å². The SMILES string of the molecule is CC1(O)CCN(C(=O)c2cccc(F)c2F)CC1. The fourth-order valence-electron chi connectivity index (χ4n) is 2.03. The van der Waals surface area contributed by atoms with Crippen molar-refractivity contribution in [3.05, 3.63) is 35.4 Å². The van der Waals surface area contributed by atoms with Crippen LogP contribution in [0.15, 0.2) is 18.2 Å². The van der Waals surface area contributed by atoms with Gasteiger partial charge in [0.05, 0.1) is 11.2 Å². The van der Waals surface area contributed by atoms with Crippen molar-refractivity contribution in [3.8, 4) is 0 Å². The van der Waals surface area contributed by atoms with Crippen LogP contribution in [-0.2, 0) is 0 Å². The number of aliphatic hydroxyl groups is 1. The standard InChI is InChI=1S/C13H15F2NO2/c1-13(18)5-7-16(8-6-13)12(17)9-3-2-4-10(14)11(9)15/h2-4,18H,5-8H2,1H3. The summed E-state index contributed by atoms with van der Waals surface area (Å²) < 4.78 is 26.5. The third kappa shape index (κ3) is 2.51. The van der Waals surface area contributed by atoms with E-state index in [0.717, 1.165) is 6.07 Å². The second-order valence-electron chi connectivity index (χ2n) is 4.89. The lowest BCUT2D eigenvalue weighted by atomic mass is 9.93. The Hall–Kier alpha value is -1.49. The minimum absolute atomic E-state index is 0.253. The lowest BCUT2D eigenvalue weighted by Crippen LogP contribution is -2.45. The van der Waals surface area contributed by atoms with E-state index in [9.17, 15) is 18.7 Å². The summed E-state index contributed by atoms with van der Waals surface area (Å²) in [7, 11) is 0. The maximum absolute atomic E-state index is 13.5. The molecule has 1 heterocycles. The van der Waals surface area contributed by atoms with Crippen LogP contribution >= 0.6 is 0 Å². The fraction of sp³-hybridized carbons (Fsp3) is 0.462. The molecule has 1 fully saturated rings. The first-order valence-corrected chi connectivity index (χ1v) is 5.86. The molecular formula is C13H15F2NO2. The summed E-state index contributed by atoms with van der Waals surface area (Å²) >= 11 is 0. The van der Waals surface area contributed by atoms with E-state index in [4.69, 9.17) is 0 Å². The van der Waals surface area contributed by atoms with Crippen LogP contribution in [-0.4, -0.2) is 34.6 Å².